The molecule has 1 amide bonds. The number of sulfonamides is 1. The fourth-order valence-electron chi connectivity index (χ4n) is 3.52. The lowest BCUT2D eigenvalue weighted by Gasteiger charge is -2.32. The number of nitrogens with two attached hydrogens (primary N) is 1. The third-order valence-electron chi connectivity index (χ3n) is 4.80. The predicted molar refractivity (Wildman–Crippen MR) is 104 cm³/mol. The maximum atomic E-state index is 13.1. The van der Waals surface area contributed by atoms with Gasteiger partial charge in [-0.3, -0.25) is 9.48 Å². The number of aromatic nitrogens is 2. The van der Waals surface area contributed by atoms with Crippen molar-refractivity contribution in [3.05, 3.63) is 41.8 Å². The number of nitriles is 1. The van der Waals surface area contributed by atoms with E-state index in [1.54, 1.807) is 0 Å². The Morgan fingerprint density at radius 3 is 2.62 bits per heavy atom. The molecule has 0 bridgehead atoms. The minimum atomic E-state index is -3.37. The highest BCUT2D eigenvalue weighted by molar-refractivity contribution is 7.88. The molecule has 1 aromatic heterocycles. The van der Waals surface area contributed by atoms with Crippen molar-refractivity contribution in [2.45, 2.75) is 31.3 Å². The first-order valence-electron chi connectivity index (χ1n) is 8.94. The summed E-state index contributed by atoms with van der Waals surface area (Å²) in [6.07, 6.45) is 3.93. The van der Waals surface area contributed by atoms with Crippen molar-refractivity contribution in [2.75, 3.05) is 11.6 Å². The van der Waals surface area contributed by atoms with Gasteiger partial charge in [0.25, 0.3) is 5.91 Å². The van der Waals surface area contributed by atoms with Crippen molar-refractivity contribution < 1.29 is 17.6 Å². The molecular formula is C18H21FN6O3S. The van der Waals surface area contributed by atoms with Crippen LogP contribution in [0.4, 0.5) is 15.9 Å². The van der Waals surface area contributed by atoms with Crippen LogP contribution in [0.5, 0.6) is 0 Å². The van der Waals surface area contributed by atoms with E-state index < -0.39 is 27.7 Å². The van der Waals surface area contributed by atoms with Gasteiger partial charge < -0.3 is 11.1 Å². The third-order valence-corrected chi connectivity index (χ3v) is 5.57. The summed E-state index contributed by atoms with van der Waals surface area (Å²) in [6.45, 7) is 0. The summed E-state index contributed by atoms with van der Waals surface area (Å²) in [4.78, 5) is 11.8. The van der Waals surface area contributed by atoms with E-state index in [1.165, 1.54) is 35.1 Å². The lowest BCUT2D eigenvalue weighted by Crippen LogP contribution is -2.40. The molecule has 1 saturated carbocycles. The van der Waals surface area contributed by atoms with Crippen LogP contribution in [-0.2, 0) is 10.0 Å². The number of nitrogens with one attached hydrogen (secondary N) is 2. The van der Waals surface area contributed by atoms with E-state index >= 15 is 0 Å². The van der Waals surface area contributed by atoms with Gasteiger partial charge in [0.2, 0.25) is 10.0 Å². The van der Waals surface area contributed by atoms with Crippen LogP contribution in [-0.4, -0.2) is 36.4 Å². The number of hydrogen-bond acceptors (Lipinski definition) is 6. The first kappa shape index (κ1) is 20.8. The normalized spacial score (nSPS) is 22.0. The highest BCUT2D eigenvalue weighted by Crippen LogP contribution is 2.35. The zero-order valence-electron chi connectivity index (χ0n) is 15.7. The van der Waals surface area contributed by atoms with Gasteiger partial charge in [0.05, 0.1) is 24.3 Å². The fraction of sp³-hybridized carbons (Fsp3) is 0.389. The van der Waals surface area contributed by atoms with Gasteiger partial charge in [-0.25, -0.2) is 17.5 Å². The molecule has 0 saturated heterocycles. The largest absolute Gasteiger partial charge is 0.365 e. The second-order valence-corrected chi connectivity index (χ2v) is 8.85. The van der Waals surface area contributed by atoms with Crippen molar-refractivity contribution in [1.82, 2.24) is 14.5 Å². The molecule has 2 unspecified atom stereocenters. The average molecular weight is 420 g/mol. The van der Waals surface area contributed by atoms with E-state index in [0.717, 1.165) is 6.26 Å². The Bertz CT molecular complexity index is 1040. The van der Waals surface area contributed by atoms with Gasteiger partial charge in [-0.1, -0.05) is 0 Å². The summed E-state index contributed by atoms with van der Waals surface area (Å²) < 4.78 is 40.1. The lowest BCUT2D eigenvalue weighted by atomic mass is 9.83. The summed E-state index contributed by atoms with van der Waals surface area (Å²) in [5, 5.41) is 16.9. The fourth-order valence-corrected chi connectivity index (χ4v) is 4.34. The van der Waals surface area contributed by atoms with Crippen LogP contribution < -0.4 is 15.8 Å². The molecule has 0 aliphatic heterocycles. The third kappa shape index (κ3) is 5.10. The first-order valence-corrected chi connectivity index (χ1v) is 10.8. The van der Waals surface area contributed by atoms with E-state index in [2.05, 4.69) is 21.2 Å². The number of carbonyl (C=O) groups excluding carboxylic acids is 1. The topological polar surface area (TPSA) is 143 Å². The summed E-state index contributed by atoms with van der Waals surface area (Å²) in [6, 6.07) is 7.09. The molecule has 9 nitrogen and oxygen atoms in total. The Morgan fingerprint density at radius 2 is 2.03 bits per heavy atom. The van der Waals surface area contributed by atoms with E-state index in [9.17, 15) is 22.9 Å². The maximum Gasteiger partial charge on any atom is 0.254 e. The second kappa shape index (κ2) is 8.18. The highest BCUT2D eigenvalue weighted by atomic mass is 32.2. The molecule has 11 heteroatoms. The van der Waals surface area contributed by atoms with Crippen molar-refractivity contribution in [3.8, 4) is 6.07 Å². The Balaban J connectivity index is 1.84. The van der Waals surface area contributed by atoms with Crippen LogP contribution in [0.3, 0.4) is 0 Å². The summed E-state index contributed by atoms with van der Waals surface area (Å²) in [7, 11) is -3.37. The van der Waals surface area contributed by atoms with E-state index in [1.807, 2.05) is 0 Å². The monoisotopic (exact) mass is 420 g/mol. The molecule has 1 aliphatic rings. The van der Waals surface area contributed by atoms with Crippen molar-refractivity contribution >= 4 is 27.4 Å². The molecule has 0 spiro atoms. The Hall–Kier alpha value is -2.97. The van der Waals surface area contributed by atoms with Crippen molar-refractivity contribution in [1.29, 1.82) is 5.26 Å². The van der Waals surface area contributed by atoms with Gasteiger partial charge in [-0.05, 0) is 43.5 Å². The highest BCUT2D eigenvalue weighted by Gasteiger charge is 2.34. The molecule has 1 heterocycles. The van der Waals surface area contributed by atoms with Gasteiger partial charge in [0.1, 0.15) is 11.4 Å². The van der Waals surface area contributed by atoms with E-state index in [-0.39, 0.29) is 23.5 Å². The minimum Gasteiger partial charge on any atom is -0.365 e. The zero-order valence-corrected chi connectivity index (χ0v) is 16.5. The molecule has 1 aliphatic carbocycles. The Morgan fingerprint density at radius 1 is 1.34 bits per heavy atom. The smallest absolute Gasteiger partial charge is 0.254 e. The van der Waals surface area contributed by atoms with Crippen LogP contribution in [0.15, 0.2) is 30.5 Å². The van der Waals surface area contributed by atoms with Crippen molar-refractivity contribution in [2.24, 2.45) is 11.7 Å². The average Bonchev–Trinajstić information content (AvgIpc) is 3.06. The van der Waals surface area contributed by atoms with Gasteiger partial charge >= 0.3 is 0 Å². The number of amides is 1. The van der Waals surface area contributed by atoms with E-state index in [0.29, 0.717) is 24.9 Å². The number of benzene rings is 1. The Kier molecular flexibility index (Phi) is 5.86. The molecule has 2 aromatic rings. The minimum absolute atomic E-state index is 0.141. The Labute approximate surface area is 167 Å². The maximum absolute atomic E-state index is 13.1. The van der Waals surface area contributed by atoms with Crippen LogP contribution in [0.2, 0.25) is 0 Å². The zero-order chi connectivity index (χ0) is 21.2. The SMILES string of the molecule is CS(=O)(=O)NC1CC[C@H](n2cc(C(N)=O)c(Nc3ccc(F)cc3)n2)C(C#N)C1. The summed E-state index contributed by atoms with van der Waals surface area (Å²) in [5.41, 5.74) is 6.13. The standard InChI is InChI=1S/C18H21FN6O3S/c1-29(27,28)24-14-6-7-16(11(8-14)9-20)25-10-15(17(21)26)18(23-25)22-13-4-2-12(19)3-5-13/h2-5,10-11,14,16,24H,6-8H2,1H3,(H2,21,26)(H,22,23)/t11?,14?,16-/m0/s1. The number of hydrogen-bond donors (Lipinski definition) is 3. The quantitative estimate of drug-likeness (QED) is 0.648. The second-order valence-electron chi connectivity index (χ2n) is 7.07. The first-order chi connectivity index (χ1) is 13.7. The summed E-state index contributed by atoms with van der Waals surface area (Å²) >= 11 is 0. The molecule has 154 valence electrons. The van der Waals surface area contributed by atoms with E-state index in [4.69, 9.17) is 5.73 Å². The predicted octanol–water partition coefficient (Wildman–Crippen LogP) is 1.65. The van der Waals surface area contributed by atoms with Gasteiger partial charge in [-0.2, -0.15) is 10.4 Å². The number of carbonyl (C=O) groups is 1. The van der Waals surface area contributed by atoms with Crippen LogP contribution in [0.1, 0.15) is 35.7 Å². The molecule has 1 fully saturated rings. The molecule has 3 atom stereocenters. The number of primary amides is 1. The molecule has 29 heavy (non-hydrogen) atoms. The van der Waals surface area contributed by atoms with Crippen molar-refractivity contribution in [3.63, 3.8) is 0 Å². The number of nitrogens with zero attached hydrogens (tertiary/aromatic N) is 3. The number of anilines is 2. The molecule has 4 N–H and O–H groups in total. The molecule has 1 aromatic carbocycles. The molecular weight excluding hydrogens is 399 g/mol. The lowest BCUT2D eigenvalue weighted by molar-refractivity contribution is 0.100. The number of halogens is 1. The van der Waals surface area contributed by atoms with Crippen LogP contribution >= 0.6 is 0 Å². The summed E-state index contributed by atoms with van der Waals surface area (Å²) in [5.74, 6) is -1.38. The van der Waals surface area contributed by atoms with Gasteiger partial charge in [-0.15, -0.1) is 0 Å². The molecule has 0 radical (unpaired) electrons. The van der Waals surface area contributed by atoms with Gasteiger partial charge in [0.15, 0.2) is 5.82 Å². The van der Waals surface area contributed by atoms with Crippen LogP contribution in [0, 0.1) is 23.1 Å². The van der Waals surface area contributed by atoms with Gasteiger partial charge in [0, 0.05) is 17.9 Å². The number of rotatable bonds is 6. The van der Waals surface area contributed by atoms with Crippen LogP contribution in [0.25, 0.3) is 0 Å². The molecule has 3 rings (SSSR count).